The third-order valence-corrected chi connectivity index (χ3v) is 10.1. The lowest BCUT2D eigenvalue weighted by atomic mass is 9.93. The molecule has 0 aliphatic rings. The molecule has 0 spiro atoms. The molecule has 0 saturated carbocycles. The highest BCUT2D eigenvalue weighted by molar-refractivity contribution is 7.26. The molecule has 0 aliphatic carbocycles. The van der Waals surface area contributed by atoms with Crippen molar-refractivity contribution in [1.82, 2.24) is 4.98 Å². The average Bonchev–Trinajstić information content (AvgIpc) is 3.52. The van der Waals surface area contributed by atoms with Gasteiger partial charge in [0.1, 0.15) is 0 Å². The summed E-state index contributed by atoms with van der Waals surface area (Å²) in [7, 11) is 0. The van der Waals surface area contributed by atoms with E-state index >= 15 is 0 Å². The van der Waals surface area contributed by atoms with E-state index in [1.807, 2.05) is 23.7 Å². The quantitative estimate of drug-likeness (QED) is 0.182. The molecule has 0 aliphatic heterocycles. The summed E-state index contributed by atoms with van der Waals surface area (Å²) < 4.78 is 2.52. The maximum atomic E-state index is 4.35. The van der Waals surface area contributed by atoms with Gasteiger partial charge in [-0.2, -0.15) is 0 Å². The molecule has 9 aromatic rings. The van der Waals surface area contributed by atoms with E-state index in [0.29, 0.717) is 0 Å². The van der Waals surface area contributed by atoms with Crippen LogP contribution in [-0.2, 0) is 0 Å². The molecule has 46 heavy (non-hydrogen) atoms. The van der Waals surface area contributed by atoms with Gasteiger partial charge in [0.2, 0.25) is 0 Å². The number of thiophene rings is 1. The molecule has 0 atom stereocenters. The molecule has 0 amide bonds. The summed E-state index contributed by atoms with van der Waals surface area (Å²) in [5.74, 6) is 0. The lowest BCUT2D eigenvalue weighted by Gasteiger charge is -2.26. The Kier molecular flexibility index (Phi) is 6.36. The van der Waals surface area contributed by atoms with E-state index in [2.05, 4.69) is 168 Å². The summed E-state index contributed by atoms with van der Waals surface area (Å²) in [6, 6.07) is 57.0. The Morgan fingerprint density at radius 1 is 0.435 bits per heavy atom. The monoisotopic (exact) mass is 604 g/mol. The van der Waals surface area contributed by atoms with Crippen LogP contribution < -0.4 is 4.90 Å². The fourth-order valence-corrected chi connectivity index (χ4v) is 7.98. The van der Waals surface area contributed by atoms with Crippen molar-refractivity contribution in [2.45, 2.75) is 0 Å². The minimum Gasteiger partial charge on any atom is -0.311 e. The maximum absolute atomic E-state index is 4.35. The topological polar surface area (TPSA) is 16.1 Å². The van der Waals surface area contributed by atoms with Gasteiger partial charge in [-0.15, -0.1) is 11.3 Å². The molecule has 0 unspecified atom stereocenters. The first-order valence-corrected chi connectivity index (χ1v) is 16.4. The second-order valence-electron chi connectivity index (χ2n) is 11.6. The summed E-state index contributed by atoms with van der Waals surface area (Å²) in [5, 5.41) is 7.66. The zero-order valence-corrected chi connectivity index (χ0v) is 25.8. The van der Waals surface area contributed by atoms with Crippen LogP contribution in [0.1, 0.15) is 0 Å². The molecule has 0 radical (unpaired) electrons. The largest absolute Gasteiger partial charge is 0.311 e. The third-order valence-electron chi connectivity index (χ3n) is 8.96. The predicted octanol–water partition coefficient (Wildman–Crippen LogP) is 12.6. The second kappa shape index (κ2) is 11.0. The lowest BCUT2D eigenvalue weighted by Crippen LogP contribution is -2.09. The van der Waals surface area contributed by atoms with Crippen LogP contribution in [0.25, 0.3) is 64.0 Å². The Labute approximate surface area is 271 Å². The number of fused-ring (bicyclic) bond motifs is 6. The Morgan fingerprint density at radius 3 is 1.80 bits per heavy atom. The number of para-hydroxylation sites is 1. The molecule has 216 valence electrons. The SMILES string of the molecule is c1ccc(N(c2ccc(-c3cc4ccccc4c4ccccc34)cc2)c2ccc(-c3cccc4c3sc3cnccc34)cc2)cc1. The van der Waals surface area contributed by atoms with Crippen molar-refractivity contribution in [1.29, 1.82) is 0 Å². The van der Waals surface area contributed by atoms with E-state index in [1.165, 1.54) is 64.0 Å². The standard InChI is InChI=1S/C43H28N2S/c1-2-10-32(11-3-1)45(33-21-17-29(18-22-33)36-15-8-16-40-39-25-26-44-28-42(39)46-43(36)40)34-23-19-30(20-24-34)41-27-31-9-4-5-12-35(31)37-13-6-7-14-38(37)41/h1-28H. The number of aromatic nitrogens is 1. The molecule has 0 fully saturated rings. The van der Waals surface area contributed by atoms with Crippen LogP contribution in [0.2, 0.25) is 0 Å². The number of benzene rings is 7. The van der Waals surface area contributed by atoms with E-state index < -0.39 is 0 Å². The first kappa shape index (κ1) is 26.6. The highest BCUT2D eigenvalue weighted by Gasteiger charge is 2.15. The number of hydrogen-bond donors (Lipinski definition) is 0. The zero-order valence-electron chi connectivity index (χ0n) is 25.0. The summed E-state index contributed by atoms with van der Waals surface area (Å²) >= 11 is 1.81. The van der Waals surface area contributed by atoms with Crippen LogP contribution in [-0.4, -0.2) is 4.98 Å². The minimum atomic E-state index is 1.12. The van der Waals surface area contributed by atoms with E-state index in [4.69, 9.17) is 0 Å². The fraction of sp³-hybridized carbons (Fsp3) is 0. The molecule has 0 saturated heterocycles. The summed E-state index contributed by atoms with van der Waals surface area (Å²) in [5.41, 5.74) is 8.28. The van der Waals surface area contributed by atoms with E-state index in [0.717, 1.165) is 17.1 Å². The van der Waals surface area contributed by atoms with Gasteiger partial charge in [0, 0.05) is 44.9 Å². The van der Waals surface area contributed by atoms with Crippen LogP contribution in [0.5, 0.6) is 0 Å². The molecular formula is C43H28N2S. The lowest BCUT2D eigenvalue weighted by molar-refractivity contribution is 1.28. The molecule has 2 nitrogen and oxygen atoms in total. The predicted molar refractivity (Wildman–Crippen MR) is 198 cm³/mol. The Balaban J connectivity index is 1.12. The highest BCUT2D eigenvalue weighted by atomic mass is 32.1. The van der Waals surface area contributed by atoms with Gasteiger partial charge in [-0.25, -0.2) is 0 Å². The molecule has 3 heteroatoms. The van der Waals surface area contributed by atoms with Gasteiger partial charge >= 0.3 is 0 Å². The third kappa shape index (κ3) is 4.44. The number of rotatable bonds is 5. The van der Waals surface area contributed by atoms with Crippen molar-refractivity contribution < 1.29 is 0 Å². The van der Waals surface area contributed by atoms with E-state index in [9.17, 15) is 0 Å². The molecule has 2 aromatic heterocycles. The van der Waals surface area contributed by atoms with Gasteiger partial charge in [-0.05, 0) is 92.3 Å². The van der Waals surface area contributed by atoms with Gasteiger partial charge in [0.05, 0.1) is 4.70 Å². The van der Waals surface area contributed by atoms with Crippen molar-refractivity contribution in [2.75, 3.05) is 4.90 Å². The van der Waals surface area contributed by atoms with Crippen LogP contribution in [0.15, 0.2) is 170 Å². The summed E-state index contributed by atoms with van der Waals surface area (Å²) in [6.07, 6.45) is 3.85. The van der Waals surface area contributed by atoms with Crippen LogP contribution in [0, 0.1) is 0 Å². The summed E-state index contributed by atoms with van der Waals surface area (Å²) in [6.45, 7) is 0. The molecule has 9 rings (SSSR count). The van der Waals surface area contributed by atoms with Crippen molar-refractivity contribution in [3.05, 3.63) is 170 Å². The van der Waals surface area contributed by atoms with Gasteiger partial charge in [0.15, 0.2) is 0 Å². The second-order valence-corrected chi connectivity index (χ2v) is 12.7. The number of nitrogens with zero attached hydrogens (tertiary/aromatic N) is 2. The number of pyridine rings is 1. The van der Waals surface area contributed by atoms with Gasteiger partial charge < -0.3 is 4.90 Å². The highest BCUT2D eigenvalue weighted by Crippen LogP contribution is 2.42. The molecule has 0 bridgehead atoms. The Morgan fingerprint density at radius 2 is 1.04 bits per heavy atom. The normalized spacial score (nSPS) is 11.5. The number of hydrogen-bond acceptors (Lipinski definition) is 3. The van der Waals surface area contributed by atoms with Crippen molar-refractivity contribution in [3.8, 4) is 22.3 Å². The molecule has 0 N–H and O–H groups in total. The molecule has 7 aromatic carbocycles. The van der Waals surface area contributed by atoms with Crippen LogP contribution in [0.4, 0.5) is 17.1 Å². The van der Waals surface area contributed by atoms with Crippen molar-refractivity contribution in [3.63, 3.8) is 0 Å². The first-order valence-electron chi connectivity index (χ1n) is 15.5. The zero-order chi connectivity index (χ0) is 30.5. The van der Waals surface area contributed by atoms with Crippen LogP contribution >= 0.6 is 11.3 Å². The fourth-order valence-electron chi connectivity index (χ4n) is 6.78. The maximum Gasteiger partial charge on any atom is 0.0538 e. The first-order chi connectivity index (χ1) is 22.8. The average molecular weight is 605 g/mol. The van der Waals surface area contributed by atoms with Crippen molar-refractivity contribution >= 4 is 70.1 Å². The Hall–Kier alpha value is -5.77. The smallest absolute Gasteiger partial charge is 0.0538 e. The minimum absolute atomic E-state index is 1.12. The van der Waals surface area contributed by atoms with Gasteiger partial charge in [0.25, 0.3) is 0 Å². The summed E-state index contributed by atoms with van der Waals surface area (Å²) in [4.78, 5) is 6.68. The van der Waals surface area contributed by atoms with E-state index in [1.54, 1.807) is 0 Å². The van der Waals surface area contributed by atoms with Crippen LogP contribution in [0.3, 0.4) is 0 Å². The van der Waals surface area contributed by atoms with E-state index in [-0.39, 0.29) is 0 Å². The number of anilines is 3. The Bertz CT molecular complexity index is 2510. The van der Waals surface area contributed by atoms with Gasteiger partial charge in [-0.1, -0.05) is 109 Å². The van der Waals surface area contributed by atoms with Gasteiger partial charge in [-0.3, -0.25) is 4.98 Å². The molecule has 2 heterocycles. The van der Waals surface area contributed by atoms with Crippen molar-refractivity contribution in [2.24, 2.45) is 0 Å². The molecular weight excluding hydrogens is 577 g/mol.